The zero-order chi connectivity index (χ0) is 21.8. The van der Waals surface area contributed by atoms with Gasteiger partial charge in [-0.25, -0.2) is 9.37 Å². The largest absolute Gasteiger partial charge is 0.346 e. The Morgan fingerprint density at radius 1 is 1.06 bits per heavy atom. The Morgan fingerprint density at radius 2 is 1.71 bits per heavy atom. The third-order valence-electron chi connectivity index (χ3n) is 6.99. The number of hydrogen-bond acceptors (Lipinski definition) is 4. The highest BCUT2D eigenvalue weighted by Crippen LogP contribution is 2.57. The van der Waals surface area contributed by atoms with Crippen molar-refractivity contribution in [3.8, 4) is 0 Å². The highest BCUT2D eigenvalue weighted by Gasteiger charge is 2.58. The van der Waals surface area contributed by atoms with Gasteiger partial charge in [0.2, 0.25) is 0 Å². The minimum atomic E-state index is -0.547. The van der Waals surface area contributed by atoms with Gasteiger partial charge in [0.25, 0.3) is 11.8 Å². The third kappa shape index (κ3) is 3.80. The van der Waals surface area contributed by atoms with E-state index in [0.29, 0.717) is 35.2 Å². The Balaban J connectivity index is 1.38. The molecule has 1 heterocycles. The molecule has 4 aliphatic rings. The lowest BCUT2D eigenvalue weighted by Crippen LogP contribution is -2.69. The van der Waals surface area contributed by atoms with Crippen molar-refractivity contribution < 1.29 is 14.0 Å². The standard InChI is InChI=1S/C23H24ClFN4O2/c1-13-10-26-11-19(27-13)21(31)29-23-8-14-4-15(9-23)7-22(6-14,12-23)28-20(30)16-2-3-18(25)17(24)5-16/h2-3,5,10-11,14-15H,4,6-9,12H2,1H3,(H,28,30)(H,29,31). The lowest BCUT2D eigenvalue weighted by molar-refractivity contribution is -0.0448. The Kier molecular flexibility index (Phi) is 4.77. The maximum absolute atomic E-state index is 13.5. The van der Waals surface area contributed by atoms with Gasteiger partial charge in [-0.1, -0.05) is 11.6 Å². The van der Waals surface area contributed by atoms with Crippen molar-refractivity contribution in [2.75, 3.05) is 0 Å². The molecule has 0 saturated heterocycles. The second-order valence-electron chi connectivity index (χ2n) is 9.60. The van der Waals surface area contributed by atoms with Crippen LogP contribution in [0.15, 0.2) is 30.6 Å². The molecule has 2 amide bonds. The third-order valence-corrected chi connectivity index (χ3v) is 7.28. The summed E-state index contributed by atoms with van der Waals surface area (Å²) in [6.45, 7) is 1.81. The molecule has 2 aromatic rings. The molecule has 0 aliphatic heterocycles. The molecular weight excluding hydrogens is 419 g/mol. The Hall–Kier alpha value is -2.54. The number of carbonyl (C=O) groups excluding carboxylic acids is 2. The van der Waals surface area contributed by atoms with Gasteiger partial charge in [-0.3, -0.25) is 14.6 Å². The van der Waals surface area contributed by atoms with Crippen molar-refractivity contribution in [2.24, 2.45) is 11.8 Å². The van der Waals surface area contributed by atoms with Crippen LogP contribution in [0, 0.1) is 24.6 Å². The number of benzene rings is 1. The van der Waals surface area contributed by atoms with Gasteiger partial charge in [0, 0.05) is 22.8 Å². The molecule has 4 fully saturated rings. The van der Waals surface area contributed by atoms with E-state index < -0.39 is 5.82 Å². The summed E-state index contributed by atoms with van der Waals surface area (Å²) in [5.41, 5.74) is 0.610. The fraction of sp³-hybridized carbons (Fsp3) is 0.478. The van der Waals surface area contributed by atoms with Crippen LogP contribution in [0.4, 0.5) is 4.39 Å². The second kappa shape index (κ2) is 7.26. The minimum absolute atomic E-state index is 0.0684. The Morgan fingerprint density at radius 3 is 2.32 bits per heavy atom. The van der Waals surface area contributed by atoms with E-state index in [1.54, 1.807) is 13.1 Å². The Bertz CT molecular complexity index is 1060. The smallest absolute Gasteiger partial charge is 0.271 e. The molecule has 2 atom stereocenters. The minimum Gasteiger partial charge on any atom is -0.346 e. The summed E-state index contributed by atoms with van der Waals surface area (Å²) in [5.74, 6) is -0.127. The van der Waals surface area contributed by atoms with Crippen molar-refractivity contribution in [3.05, 3.63) is 58.4 Å². The monoisotopic (exact) mass is 442 g/mol. The van der Waals surface area contributed by atoms with Gasteiger partial charge < -0.3 is 10.6 Å². The van der Waals surface area contributed by atoms with Gasteiger partial charge in [-0.05, 0) is 75.5 Å². The van der Waals surface area contributed by atoms with E-state index in [2.05, 4.69) is 20.6 Å². The molecule has 0 radical (unpaired) electrons. The lowest BCUT2D eigenvalue weighted by Gasteiger charge is -2.62. The molecule has 2 N–H and O–H groups in total. The fourth-order valence-electron chi connectivity index (χ4n) is 6.38. The van der Waals surface area contributed by atoms with Crippen LogP contribution < -0.4 is 10.6 Å². The van der Waals surface area contributed by atoms with Gasteiger partial charge in [-0.2, -0.15) is 0 Å². The summed E-state index contributed by atoms with van der Waals surface area (Å²) in [6.07, 6.45) is 8.52. The zero-order valence-electron chi connectivity index (χ0n) is 17.3. The van der Waals surface area contributed by atoms with Crippen LogP contribution in [0.1, 0.15) is 65.1 Å². The fourth-order valence-corrected chi connectivity index (χ4v) is 6.56. The average Bonchev–Trinajstić information content (AvgIpc) is 2.68. The number of carbonyl (C=O) groups is 2. The lowest BCUT2D eigenvalue weighted by atomic mass is 9.49. The van der Waals surface area contributed by atoms with E-state index in [1.807, 2.05) is 0 Å². The molecule has 31 heavy (non-hydrogen) atoms. The van der Waals surface area contributed by atoms with E-state index in [9.17, 15) is 14.0 Å². The molecule has 1 aromatic heterocycles. The van der Waals surface area contributed by atoms with Crippen molar-refractivity contribution in [3.63, 3.8) is 0 Å². The van der Waals surface area contributed by atoms with Crippen LogP contribution in [-0.4, -0.2) is 32.9 Å². The van der Waals surface area contributed by atoms with E-state index >= 15 is 0 Å². The van der Waals surface area contributed by atoms with E-state index in [-0.39, 0.29) is 27.9 Å². The number of amides is 2. The summed E-state index contributed by atoms with van der Waals surface area (Å²) in [6, 6.07) is 4.02. The number of aryl methyl sites for hydroxylation is 1. The van der Waals surface area contributed by atoms with Crippen molar-refractivity contribution in [1.29, 1.82) is 0 Å². The van der Waals surface area contributed by atoms with E-state index in [0.717, 1.165) is 32.1 Å². The number of nitrogens with zero attached hydrogens (tertiary/aromatic N) is 2. The molecule has 6 rings (SSSR count). The Labute approximate surface area is 185 Å². The maximum atomic E-state index is 13.5. The van der Waals surface area contributed by atoms with Crippen molar-refractivity contribution in [2.45, 2.75) is 56.5 Å². The van der Waals surface area contributed by atoms with Crippen LogP contribution in [-0.2, 0) is 0 Å². The van der Waals surface area contributed by atoms with Gasteiger partial charge in [-0.15, -0.1) is 0 Å². The quantitative estimate of drug-likeness (QED) is 0.753. The topological polar surface area (TPSA) is 84.0 Å². The molecule has 4 bridgehead atoms. The molecule has 1 aromatic carbocycles. The van der Waals surface area contributed by atoms with Crippen molar-refractivity contribution in [1.82, 2.24) is 20.6 Å². The number of nitrogens with one attached hydrogen (secondary N) is 2. The number of halogens is 2. The predicted molar refractivity (Wildman–Crippen MR) is 113 cm³/mol. The zero-order valence-corrected chi connectivity index (χ0v) is 18.0. The normalized spacial score (nSPS) is 30.8. The van der Waals surface area contributed by atoms with Crippen LogP contribution in [0.2, 0.25) is 5.02 Å². The summed E-state index contributed by atoms with van der Waals surface area (Å²) in [4.78, 5) is 34.3. The van der Waals surface area contributed by atoms with E-state index in [1.165, 1.54) is 24.4 Å². The molecule has 162 valence electrons. The van der Waals surface area contributed by atoms with E-state index in [4.69, 9.17) is 11.6 Å². The first kappa shape index (κ1) is 20.4. The highest BCUT2D eigenvalue weighted by molar-refractivity contribution is 6.31. The molecule has 8 heteroatoms. The van der Waals surface area contributed by atoms with Crippen LogP contribution in [0.25, 0.3) is 0 Å². The van der Waals surface area contributed by atoms with Gasteiger partial charge in [0.05, 0.1) is 16.9 Å². The van der Waals surface area contributed by atoms with Crippen LogP contribution in [0.5, 0.6) is 0 Å². The van der Waals surface area contributed by atoms with Gasteiger partial charge >= 0.3 is 0 Å². The predicted octanol–water partition coefficient (Wildman–Crippen LogP) is 3.83. The first-order chi connectivity index (χ1) is 14.7. The van der Waals surface area contributed by atoms with Crippen LogP contribution >= 0.6 is 11.6 Å². The average molecular weight is 443 g/mol. The highest BCUT2D eigenvalue weighted by atomic mass is 35.5. The first-order valence-corrected chi connectivity index (χ1v) is 11.0. The molecule has 0 spiro atoms. The molecule has 4 aliphatic carbocycles. The van der Waals surface area contributed by atoms with Gasteiger partial charge in [0.15, 0.2) is 0 Å². The first-order valence-electron chi connectivity index (χ1n) is 10.6. The molecule has 2 unspecified atom stereocenters. The molecule has 4 saturated carbocycles. The number of hydrogen-bond donors (Lipinski definition) is 2. The van der Waals surface area contributed by atoms with Crippen LogP contribution in [0.3, 0.4) is 0 Å². The van der Waals surface area contributed by atoms with Gasteiger partial charge in [0.1, 0.15) is 11.5 Å². The SMILES string of the molecule is Cc1cncc(C(=O)NC23CC4CC(CC(NC(=O)c5ccc(F)c(Cl)c5)(C4)C2)C3)n1. The summed E-state index contributed by atoms with van der Waals surface area (Å²) < 4.78 is 13.5. The van der Waals surface area contributed by atoms with Crippen molar-refractivity contribution >= 4 is 23.4 Å². The molecule has 6 nitrogen and oxygen atoms in total. The summed E-state index contributed by atoms with van der Waals surface area (Å²) >= 11 is 5.87. The summed E-state index contributed by atoms with van der Waals surface area (Å²) in [7, 11) is 0. The number of aromatic nitrogens is 2. The summed E-state index contributed by atoms with van der Waals surface area (Å²) in [5, 5.41) is 6.43. The second-order valence-corrected chi connectivity index (χ2v) is 10.0. The maximum Gasteiger partial charge on any atom is 0.271 e. The molecular formula is C23H24ClFN4O2. The number of rotatable bonds is 4.